The third-order valence-corrected chi connectivity index (χ3v) is 6.19. The number of allylic oxidation sites excluding steroid dienone is 2. The van der Waals surface area contributed by atoms with Crippen LogP contribution in [-0.4, -0.2) is 38.3 Å². The SMILES string of the molecule is COc1ccc([C@@H]2[C@H]3CN(C(C)C)CC=C3C(C#N)=C(N)C2(C#N)C#N)cc1OC. The summed E-state index contributed by atoms with van der Waals surface area (Å²) in [4.78, 5) is 2.26. The fourth-order valence-corrected chi connectivity index (χ4v) is 4.55. The van der Waals surface area contributed by atoms with Crippen molar-refractivity contribution in [3.63, 3.8) is 0 Å². The Morgan fingerprint density at radius 2 is 1.80 bits per heavy atom. The Kier molecular flexibility index (Phi) is 5.74. The lowest BCUT2D eigenvalue weighted by atomic mass is 9.58. The van der Waals surface area contributed by atoms with E-state index in [1.807, 2.05) is 12.1 Å². The first-order valence-electron chi connectivity index (χ1n) is 9.77. The monoisotopic (exact) mass is 403 g/mol. The first-order chi connectivity index (χ1) is 14.4. The molecule has 0 amide bonds. The van der Waals surface area contributed by atoms with Gasteiger partial charge in [0, 0.05) is 31.0 Å². The van der Waals surface area contributed by atoms with E-state index in [0.29, 0.717) is 24.6 Å². The Balaban J connectivity index is 2.30. The first kappa shape index (κ1) is 21.2. The molecule has 2 atom stereocenters. The van der Waals surface area contributed by atoms with Crippen LogP contribution in [0.2, 0.25) is 0 Å². The fraction of sp³-hybridized carbons (Fsp3) is 0.435. The van der Waals surface area contributed by atoms with Crippen LogP contribution in [0.25, 0.3) is 0 Å². The van der Waals surface area contributed by atoms with Gasteiger partial charge in [0.05, 0.1) is 37.6 Å². The van der Waals surface area contributed by atoms with Gasteiger partial charge in [-0.05, 0) is 37.1 Å². The van der Waals surface area contributed by atoms with Gasteiger partial charge >= 0.3 is 0 Å². The number of fused-ring (bicyclic) bond motifs is 1. The molecule has 0 saturated carbocycles. The standard InChI is InChI=1S/C23H25N5O2/c1-14(2)28-8-7-16-17(10-24)22(27)23(12-25,13-26)21(18(16)11-28)15-5-6-19(29-3)20(9-15)30-4/h5-7,9,14,18,21H,8,11,27H2,1-4H3/t18-,21+/m0/s1. The summed E-state index contributed by atoms with van der Waals surface area (Å²) in [6.07, 6.45) is 2.01. The topological polar surface area (TPSA) is 119 Å². The Morgan fingerprint density at radius 3 is 2.33 bits per heavy atom. The van der Waals surface area contributed by atoms with Crippen LogP contribution in [0.1, 0.15) is 25.3 Å². The molecule has 1 heterocycles. The summed E-state index contributed by atoms with van der Waals surface area (Å²) in [7, 11) is 3.09. The predicted molar refractivity (Wildman–Crippen MR) is 111 cm³/mol. The van der Waals surface area contributed by atoms with Crippen molar-refractivity contribution < 1.29 is 9.47 Å². The van der Waals surface area contributed by atoms with E-state index in [9.17, 15) is 15.8 Å². The summed E-state index contributed by atoms with van der Waals surface area (Å²) >= 11 is 0. The Bertz CT molecular complexity index is 1020. The molecule has 0 unspecified atom stereocenters. The van der Waals surface area contributed by atoms with Crippen LogP contribution < -0.4 is 15.2 Å². The molecule has 1 aliphatic heterocycles. The van der Waals surface area contributed by atoms with E-state index < -0.39 is 11.3 Å². The van der Waals surface area contributed by atoms with E-state index in [1.165, 1.54) is 0 Å². The van der Waals surface area contributed by atoms with Crippen LogP contribution in [0.3, 0.4) is 0 Å². The largest absolute Gasteiger partial charge is 0.493 e. The molecule has 2 N–H and O–H groups in total. The van der Waals surface area contributed by atoms with Crippen LogP contribution in [0.4, 0.5) is 0 Å². The smallest absolute Gasteiger partial charge is 0.191 e. The summed E-state index contributed by atoms with van der Waals surface area (Å²) in [6, 6.07) is 12.2. The fourth-order valence-electron chi connectivity index (χ4n) is 4.55. The molecule has 0 saturated heterocycles. The normalized spacial score (nSPS) is 22.9. The van der Waals surface area contributed by atoms with Gasteiger partial charge in [-0.1, -0.05) is 12.1 Å². The Hall–Kier alpha value is -3.47. The zero-order valence-corrected chi connectivity index (χ0v) is 17.6. The lowest BCUT2D eigenvalue weighted by Crippen LogP contribution is -2.49. The maximum atomic E-state index is 10.2. The number of rotatable bonds is 4. The molecule has 154 valence electrons. The van der Waals surface area contributed by atoms with Crippen LogP contribution in [0, 0.1) is 45.3 Å². The molecular formula is C23H25N5O2. The number of nitrogens with two attached hydrogens (primary N) is 1. The van der Waals surface area contributed by atoms with Crippen LogP contribution in [0.5, 0.6) is 11.5 Å². The van der Waals surface area contributed by atoms with Crippen molar-refractivity contribution in [3.05, 3.63) is 46.7 Å². The maximum absolute atomic E-state index is 10.2. The van der Waals surface area contributed by atoms with Crippen molar-refractivity contribution >= 4 is 0 Å². The molecule has 1 aromatic rings. The van der Waals surface area contributed by atoms with Crippen molar-refractivity contribution in [1.82, 2.24) is 4.90 Å². The highest BCUT2D eigenvalue weighted by atomic mass is 16.5. The lowest BCUT2D eigenvalue weighted by Gasteiger charge is -2.46. The molecule has 0 aromatic heterocycles. The van der Waals surface area contributed by atoms with Crippen LogP contribution >= 0.6 is 0 Å². The highest BCUT2D eigenvalue weighted by Crippen LogP contribution is 2.54. The average molecular weight is 403 g/mol. The van der Waals surface area contributed by atoms with Crippen molar-refractivity contribution in [3.8, 4) is 29.7 Å². The molecular weight excluding hydrogens is 378 g/mol. The summed E-state index contributed by atoms with van der Waals surface area (Å²) in [5.74, 6) is 0.272. The molecule has 0 fully saturated rings. The van der Waals surface area contributed by atoms with E-state index >= 15 is 0 Å². The molecule has 1 aromatic carbocycles. The van der Waals surface area contributed by atoms with Gasteiger partial charge in [0.25, 0.3) is 0 Å². The van der Waals surface area contributed by atoms with Gasteiger partial charge in [0.1, 0.15) is 6.07 Å². The van der Waals surface area contributed by atoms with Gasteiger partial charge in [-0.15, -0.1) is 0 Å². The van der Waals surface area contributed by atoms with Gasteiger partial charge in [-0.25, -0.2) is 0 Å². The van der Waals surface area contributed by atoms with Crippen molar-refractivity contribution in [2.24, 2.45) is 17.1 Å². The second-order valence-corrected chi connectivity index (χ2v) is 7.84. The van der Waals surface area contributed by atoms with Gasteiger partial charge in [-0.3, -0.25) is 4.90 Å². The number of ether oxygens (including phenoxy) is 2. The molecule has 7 nitrogen and oxygen atoms in total. The van der Waals surface area contributed by atoms with Gasteiger partial charge in [-0.2, -0.15) is 15.8 Å². The van der Waals surface area contributed by atoms with Crippen LogP contribution in [0.15, 0.2) is 41.1 Å². The highest BCUT2D eigenvalue weighted by molar-refractivity contribution is 5.60. The minimum Gasteiger partial charge on any atom is -0.493 e. The van der Waals surface area contributed by atoms with E-state index in [4.69, 9.17) is 15.2 Å². The van der Waals surface area contributed by atoms with E-state index in [2.05, 4.69) is 37.0 Å². The predicted octanol–water partition coefficient (Wildman–Crippen LogP) is 2.84. The quantitative estimate of drug-likeness (QED) is 0.821. The third-order valence-electron chi connectivity index (χ3n) is 6.19. The zero-order valence-electron chi connectivity index (χ0n) is 17.6. The number of benzene rings is 1. The Morgan fingerprint density at radius 1 is 1.13 bits per heavy atom. The van der Waals surface area contributed by atoms with E-state index in [-0.39, 0.29) is 23.2 Å². The van der Waals surface area contributed by atoms with Crippen molar-refractivity contribution in [1.29, 1.82) is 15.8 Å². The molecule has 0 radical (unpaired) electrons. The summed E-state index contributed by atoms with van der Waals surface area (Å²) < 4.78 is 10.8. The number of methoxy groups -OCH3 is 2. The van der Waals surface area contributed by atoms with E-state index in [0.717, 1.165) is 11.1 Å². The number of nitriles is 3. The summed E-state index contributed by atoms with van der Waals surface area (Å²) in [5, 5.41) is 30.1. The Labute approximate surface area is 177 Å². The van der Waals surface area contributed by atoms with Crippen molar-refractivity contribution in [2.45, 2.75) is 25.8 Å². The average Bonchev–Trinajstić information content (AvgIpc) is 2.77. The molecule has 7 heteroatoms. The molecule has 0 spiro atoms. The third kappa shape index (κ3) is 3.07. The number of nitrogens with zero attached hydrogens (tertiary/aromatic N) is 4. The second-order valence-electron chi connectivity index (χ2n) is 7.84. The van der Waals surface area contributed by atoms with Gasteiger partial charge in [0.15, 0.2) is 16.9 Å². The molecule has 3 rings (SSSR count). The number of hydrogen-bond acceptors (Lipinski definition) is 7. The maximum Gasteiger partial charge on any atom is 0.191 e. The van der Waals surface area contributed by atoms with Gasteiger partial charge < -0.3 is 15.2 Å². The first-order valence-corrected chi connectivity index (χ1v) is 9.77. The zero-order chi connectivity index (χ0) is 22.1. The minimum atomic E-state index is -1.66. The van der Waals surface area contributed by atoms with Crippen molar-refractivity contribution in [2.75, 3.05) is 27.3 Å². The lowest BCUT2D eigenvalue weighted by molar-refractivity contribution is 0.174. The molecule has 0 bridgehead atoms. The van der Waals surface area contributed by atoms with Crippen LogP contribution in [-0.2, 0) is 0 Å². The molecule has 2 aliphatic rings. The number of hydrogen-bond donors (Lipinski definition) is 1. The highest BCUT2D eigenvalue weighted by Gasteiger charge is 2.54. The van der Waals surface area contributed by atoms with E-state index in [1.54, 1.807) is 26.4 Å². The molecule has 30 heavy (non-hydrogen) atoms. The summed E-state index contributed by atoms with van der Waals surface area (Å²) in [6.45, 7) is 5.51. The second kappa shape index (κ2) is 8.11. The minimum absolute atomic E-state index is 0.0234. The molecule has 1 aliphatic carbocycles. The van der Waals surface area contributed by atoms with Gasteiger partial charge in [0.2, 0.25) is 0 Å². The summed E-state index contributed by atoms with van der Waals surface area (Å²) in [5.41, 5.74) is 6.52.